The molecule has 0 saturated heterocycles. The third-order valence-corrected chi connectivity index (χ3v) is 3.54. The zero-order chi connectivity index (χ0) is 15.4. The summed E-state index contributed by atoms with van der Waals surface area (Å²) in [5.41, 5.74) is 2.89. The first-order chi connectivity index (χ1) is 9.95. The fourth-order valence-electron chi connectivity index (χ4n) is 2.14. The van der Waals surface area contributed by atoms with Crippen LogP contribution in [0.3, 0.4) is 0 Å². The van der Waals surface area contributed by atoms with Crippen molar-refractivity contribution in [1.29, 1.82) is 0 Å². The number of nitrogens with one attached hydrogen (secondary N) is 1. The van der Waals surface area contributed by atoms with E-state index in [1.54, 1.807) is 10.9 Å². The van der Waals surface area contributed by atoms with Crippen LogP contribution in [0.5, 0.6) is 0 Å². The van der Waals surface area contributed by atoms with Crippen LogP contribution in [0.15, 0.2) is 12.3 Å². The molecule has 7 heteroatoms. The quantitative estimate of drug-likeness (QED) is 0.828. The molecule has 0 aliphatic heterocycles. The van der Waals surface area contributed by atoms with Crippen LogP contribution in [0.1, 0.15) is 23.5 Å². The Balaban J connectivity index is 1.71. The van der Waals surface area contributed by atoms with Gasteiger partial charge >= 0.3 is 0 Å². The maximum absolute atomic E-state index is 11.8. The van der Waals surface area contributed by atoms with Gasteiger partial charge < -0.3 is 5.32 Å². The molecular formula is C14H20ClN5O. The number of carbonyl (C=O) groups is 1. The lowest BCUT2D eigenvalue weighted by Crippen LogP contribution is -2.29. The first-order valence-electron chi connectivity index (χ1n) is 6.93. The molecule has 0 bridgehead atoms. The number of nitrogens with zero attached hydrogens (tertiary/aromatic N) is 4. The fraction of sp³-hybridized carbons (Fsp3) is 0.500. The minimum atomic E-state index is -0.0671. The number of hydrogen-bond donors (Lipinski definition) is 1. The maximum Gasteiger partial charge on any atom is 0.241 e. The number of amides is 1. The second-order valence-corrected chi connectivity index (χ2v) is 5.52. The first-order valence-corrected chi connectivity index (χ1v) is 7.31. The number of halogens is 1. The van der Waals surface area contributed by atoms with E-state index >= 15 is 0 Å². The topological polar surface area (TPSA) is 64.7 Å². The highest BCUT2D eigenvalue weighted by Gasteiger charge is 2.06. The van der Waals surface area contributed by atoms with Crippen molar-refractivity contribution in [3.63, 3.8) is 0 Å². The summed E-state index contributed by atoms with van der Waals surface area (Å²) in [4.78, 5) is 11.8. The van der Waals surface area contributed by atoms with Gasteiger partial charge in [0.2, 0.25) is 5.91 Å². The van der Waals surface area contributed by atoms with E-state index < -0.39 is 0 Å². The highest BCUT2D eigenvalue weighted by atomic mass is 35.5. The second kappa shape index (κ2) is 6.76. The molecule has 0 fully saturated rings. The zero-order valence-corrected chi connectivity index (χ0v) is 13.3. The van der Waals surface area contributed by atoms with Crippen LogP contribution in [-0.2, 0) is 17.9 Å². The van der Waals surface area contributed by atoms with Crippen LogP contribution in [0, 0.1) is 20.8 Å². The highest BCUT2D eigenvalue weighted by Crippen LogP contribution is 2.11. The normalized spacial score (nSPS) is 10.9. The molecule has 0 unspecified atom stereocenters. The van der Waals surface area contributed by atoms with Crippen molar-refractivity contribution in [2.24, 2.45) is 0 Å². The predicted molar refractivity (Wildman–Crippen MR) is 81.3 cm³/mol. The smallest absolute Gasteiger partial charge is 0.241 e. The van der Waals surface area contributed by atoms with Gasteiger partial charge in [0.05, 0.1) is 16.4 Å². The van der Waals surface area contributed by atoms with Gasteiger partial charge in [-0.3, -0.25) is 14.2 Å². The van der Waals surface area contributed by atoms with E-state index in [1.807, 2.05) is 31.5 Å². The van der Waals surface area contributed by atoms with Gasteiger partial charge in [0, 0.05) is 25.0 Å². The summed E-state index contributed by atoms with van der Waals surface area (Å²) in [5, 5.41) is 12.0. The Morgan fingerprint density at radius 1 is 1.33 bits per heavy atom. The van der Waals surface area contributed by atoms with E-state index in [4.69, 9.17) is 11.6 Å². The van der Waals surface area contributed by atoms with Crippen molar-refractivity contribution in [3.05, 3.63) is 34.4 Å². The van der Waals surface area contributed by atoms with Gasteiger partial charge in [-0.05, 0) is 33.3 Å². The lowest BCUT2D eigenvalue weighted by Gasteiger charge is -2.07. The lowest BCUT2D eigenvalue weighted by atomic mass is 10.4. The standard InChI is InChI=1S/C14H20ClN5O/c1-10-7-11(2)20(17-10)6-4-5-16-14(21)9-19-8-13(15)12(3)18-19/h7-8H,4-6,9H2,1-3H3,(H,16,21). The van der Waals surface area contributed by atoms with Gasteiger partial charge in [0.15, 0.2) is 0 Å². The molecule has 21 heavy (non-hydrogen) atoms. The van der Waals surface area contributed by atoms with E-state index in [2.05, 4.69) is 15.5 Å². The monoisotopic (exact) mass is 309 g/mol. The molecular weight excluding hydrogens is 290 g/mol. The third-order valence-electron chi connectivity index (χ3n) is 3.16. The summed E-state index contributed by atoms with van der Waals surface area (Å²) in [6.45, 7) is 7.42. The molecule has 1 N–H and O–H groups in total. The van der Waals surface area contributed by atoms with Crippen LogP contribution >= 0.6 is 11.6 Å². The highest BCUT2D eigenvalue weighted by molar-refractivity contribution is 6.31. The molecule has 0 atom stereocenters. The molecule has 0 aliphatic carbocycles. The number of carbonyl (C=O) groups excluding carboxylic acids is 1. The Hall–Kier alpha value is -1.82. The minimum Gasteiger partial charge on any atom is -0.354 e. The molecule has 1 amide bonds. The summed E-state index contributed by atoms with van der Waals surface area (Å²) < 4.78 is 3.51. The van der Waals surface area contributed by atoms with Crippen molar-refractivity contribution in [3.8, 4) is 0 Å². The van der Waals surface area contributed by atoms with E-state index in [0.717, 1.165) is 30.0 Å². The van der Waals surface area contributed by atoms with E-state index in [9.17, 15) is 4.79 Å². The van der Waals surface area contributed by atoms with Gasteiger partial charge in [0.25, 0.3) is 0 Å². The molecule has 0 saturated carbocycles. The minimum absolute atomic E-state index is 0.0671. The molecule has 2 rings (SSSR count). The summed E-state index contributed by atoms with van der Waals surface area (Å²) in [7, 11) is 0. The third kappa shape index (κ3) is 4.32. The number of aromatic nitrogens is 4. The van der Waals surface area contributed by atoms with Crippen LogP contribution < -0.4 is 5.32 Å². The Bertz CT molecular complexity index is 612. The van der Waals surface area contributed by atoms with E-state index in [1.165, 1.54) is 0 Å². The molecule has 2 heterocycles. The summed E-state index contributed by atoms with van der Waals surface area (Å²) in [5.74, 6) is -0.0671. The largest absolute Gasteiger partial charge is 0.354 e. The maximum atomic E-state index is 11.8. The van der Waals surface area contributed by atoms with E-state index in [0.29, 0.717) is 11.6 Å². The van der Waals surface area contributed by atoms with Crippen LogP contribution in [0.25, 0.3) is 0 Å². The first kappa shape index (κ1) is 15.6. The average molecular weight is 310 g/mol. The van der Waals surface area contributed by atoms with Crippen molar-refractivity contribution in [2.45, 2.75) is 40.3 Å². The summed E-state index contributed by atoms with van der Waals surface area (Å²) in [6, 6.07) is 2.04. The van der Waals surface area contributed by atoms with Gasteiger partial charge in [-0.25, -0.2) is 0 Å². The second-order valence-electron chi connectivity index (χ2n) is 5.11. The average Bonchev–Trinajstić information content (AvgIpc) is 2.88. The fourth-order valence-corrected chi connectivity index (χ4v) is 2.29. The van der Waals surface area contributed by atoms with Crippen molar-refractivity contribution < 1.29 is 4.79 Å². The van der Waals surface area contributed by atoms with Gasteiger partial charge in [-0.15, -0.1) is 0 Å². The molecule has 0 aliphatic rings. The van der Waals surface area contributed by atoms with Crippen molar-refractivity contribution in [1.82, 2.24) is 24.9 Å². The molecule has 6 nitrogen and oxygen atoms in total. The van der Waals surface area contributed by atoms with Gasteiger partial charge in [0.1, 0.15) is 6.54 Å². The van der Waals surface area contributed by atoms with Crippen molar-refractivity contribution in [2.75, 3.05) is 6.54 Å². The Labute approximate surface area is 129 Å². The van der Waals surface area contributed by atoms with Crippen LogP contribution in [-0.4, -0.2) is 32.0 Å². The van der Waals surface area contributed by atoms with Gasteiger partial charge in [-0.2, -0.15) is 10.2 Å². The molecule has 0 radical (unpaired) electrons. The Kier molecular flexibility index (Phi) is 5.01. The molecule has 2 aromatic rings. The molecule has 0 spiro atoms. The summed E-state index contributed by atoms with van der Waals surface area (Å²) >= 11 is 5.90. The SMILES string of the molecule is Cc1cc(C)n(CCCNC(=O)Cn2cc(Cl)c(C)n2)n1. The Morgan fingerprint density at radius 3 is 2.67 bits per heavy atom. The number of hydrogen-bond acceptors (Lipinski definition) is 3. The molecule has 0 aromatic carbocycles. The number of rotatable bonds is 6. The number of aryl methyl sites for hydroxylation is 4. The molecule has 114 valence electrons. The van der Waals surface area contributed by atoms with E-state index in [-0.39, 0.29) is 12.5 Å². The Morgan fingerprint density at radius 2 is 2.10 bits per heavy atom. The van der Waals surface area contributed by atoms with Gasteiger partial charge in [-0.1, -0.05) is 11.6 Å². The zero-order valence-electron chi connectivity index (χ0n) is 12.6. The predicted octanol–water partition coefficient (Wildman–Crippen LogP) is 1.86. The van der Waals surface area contributed by atoms with Crippen LogP contribution in [0.4, 0.5) is 0 Å². The lowest BCUT2D eigenvalue weighted by molar-refractivity contribution is -0.121. The summed E-state index contributed by atoms with van der Waals surface area (Å²) in [6.07, 6.45) is 2.50. The molecule has 2 aromatic heterocycles. The van der Waals surface area contributed by atoms with Crippen LogP contribution in [0.2, 0.25) is 5.02 Å². The van der Waals surface area contributed by atoms with Crippen molar-refractivity contribution >= 4 is 17.5 Å².